The van der Waals surface area contributed by atoms with Gasteiger partial charge in [-0.3, -0.25) is 4.98 Å². The van der Waals surface area contributed by atoms with E-state index < -0.39 is 21.1 Å². The minimum Gasteiger partial charge on any atom is -0.334 e. The van der Waals surface area contributed by atoms with Gasteiger partial charge in [-0.05, 0) is 25.5 Å². The molecule has 0 aliphatic carbocycles. The average molecular weight is 299 g/mol. The number of carbonyl (C=O) groups is 1. The van der Waals surface area contributed by atoms with Crippen LogP contribution in [0.15, 0.2) is 24.5 Å². The van der Waals surface area contributed by atoms with Crippen molar-refractivity contribution in [2.24, 2.45) is 0 Å². The molecule has 0 spiro atoms. The summed E-state index contributed by atoms with van der Waals surface area (Å²) >= 11 is 0. The normalized spacial score (nSPS) is 14.4. The monoisotopic (exact) mass is 299 g/mol. The summed E-state index contributed by atoms with van der Waals surface area (Å²) in [5, 5.41) is 2.12. The smallest absolute Gasteiger partial charge is 0.317 e. The predicted molar refractivity (Wildman–Crippen MR) is 78.0 cm³/mol. The maximum Gasteiger partial charge on any atom is 0.317 e. The molecule has 7 heteroatoms. The fourth-order valence-electron chi connectivity index (χ4n) is 1.66. The first kappa shape index (κ1) is 16.4. The van der Waals surface area contributed by atoms with E-state index in [2.05, 4.69) is 10.3 Å². The standard InChI is InChI=1S/C13H21N3O3S/c1-10(11(2)20(4,18)19)16(3)13(17)15-9-12-6-5-7-14-8-12/h5-8,10-11H,9H2,1-4H3,(H,15,17). The Balaban J connectivity index is 2.59. The van der Waals surface area contributed by atoms with Crippen molar-refractivity contribution >= 4 is 15.9 Å². The fourth-order valence-corrected chi connectivity index (χ4v) is 2.56. The van der Waals surface area contributed by atoms with Gasteiger partial charge in [-0.1, -0.05) is 6.07 Å². The second-order valence-corrected chi connectivity index (χ2v) is 7.31. The summed E-state index contributed by atoms with van der Waals surface area (Å²) in [7, 11) is -1.59. The van der Waals surface area contributed by atoms with E-state index in [1.165, 1.54) is 11.2 Å². The molecule has 2 atom stereocenters. The average Bonchev–Trinajstić information content (AvgIpc) is 2.42. The zero-order chi connectivity index (χ0) is 15.3. The second-order valence-electron chi connectivity index (χ2n) is 4.91. The molecule has 112 valence electrons. The van der Waals surface area contributed by atoms with Crippen LogP contribution in [0.1, 0.15) is 19.4 Å². The molecule has 6 nitrogen and oxygen atoms in total. The number of urea groups is 1. The van der Waals surface area contributed by atoms with Crippen LogP contribution in [0.2, 0.25) is 0 Å². The van der Waals surface area contributed by atoms with Crippen LogP contribution >= 0.6 is 0 Å². The molecule has 0 aromatic carbocycles. The summed E-state index contributed by atoms with van der Waals surface area (Å²) in [6.07, 6.45) is 4.51. The molecule has 0 bridgehead atoms. The second kappa shape index (κ2) is 6.69. The number of aromatic nitrogens is 1. The first-order valence-corrected chi connectivity index (χ1v) is 8.27. The number of hydrogen-bond donors (Lipinski definition) is 1. The van der Waals surface area contributed by atoms with E-state index in [4.69, 9.17) is 0 Å². The van der Waals surface area contributed by atoms with E-state index in [0.29, 0.717) is 6.54 Å². The van der Waals surface area contributed by atoms with Gasteiger partial charge in [0.2, 0.25) is 0 Å². The van der Waals surface area contributed by atoms with Crippen LogP contribution in [0.5, 0.6) is 0 Å². The largest absolute Gasteiger partial charge is 0.334 e. The predicted octanol–water partition coefficient (Wildman–Crippen LogP) is 1.04. The molecule has 1 N–H and O–H groups in total. The molecule has 1 aromatic heterocycles. The number of carbonyl (C=O) groups excluding carboxylic acids is 1. The summed E-state index contributed by atoms with van der Waals surface area (Å²) in [6.45, 7) is 3.68. The number of sulfone groups is 1. The molecular weight excluding hydrogens is 278 g/mol. The summed E-state index contributed by atoms with van der Waals surface area (Å²) in [4.78, 5) is 17.4. The molecule has 0 fully saturated rings. The lowest BCUT2D eigenvalue weighted by Gasteiger charge is -2.29. The Bertz CT molecular complexity index is 545. The van der Waals surface area contributed by atoms with E-state index in [-0.39, 0.29) is 6.03 Å². The molecule has 1 heterocycles. The lowest BCUT2D eigenvalue weighted by molar-refractivity contribution is 0.193. The highest BCUT2D eigenvalue weighted by atomic mass is 32.2. The third-order valence-corrected chi connectivity index (χ3v) is 5.20. The maximum absolute atomic E-state index is 12.0. The van der Waals surface area contributed by atoms with Gasteiger partial charge in [0.25, 0.3) is 0 Å². The number of hydrogen-bond acceptors (Lipinski definition) is 4. The number of rotatable bonds is 5. The topological polar surface area (TPSA) is 79.4 Å². The van der Waals surface area contributed by atoms with Gasteiger partial charge in [0.15, 0.2) is 9.84 Å². The summed E-state index contributed by atoms with van der Waals surface area (Å²) in [6, 6.07) is 2.94. The number of amides is 2. The van der Waals surface area contributed by atoms with Crippen LogP contribution < -0.4 is 5.32 Å². The lowest BCUT2D eigenvalue weighted by atomic mass is 10.2. The van der Waals surface area contributed by atoms with Crippen LogP contribution in [0.3, 0.4) is 0 Å². The zero-order valence-electron chi connectivity index (χ0n) is 12.2. The van der Waals surface area contributed by atoms with Gasteiger partial charge in [-0.2, -0.15) is 0 Å². The molecule has 2 unspecified atom stereocenters. The molecule has 0 aliphatic heterocycles. The van der Waals surface area contributed by atoms with Gasteiger partial charge in [0.05, 0.1) is 5.25 Å². The van der Waals surface area contributed by atoms with Gasteiger partial charge < -0.3 is 10.2 Å². The Kier molecular flexibility index (Phi) is 5.50. The first-order valence-electron chi connectivity index (χ1n) is 6.32. The quantitative estimate of drug-likeness (QED) is 0.881. The van der Waals surface area contributed by atoms with Gasteiger partial charge in [0.1, 0.15) is 0 Å². The number of pyridine rings is 1. The van der Waals surface area contributed by atoms with Crippen molar-refractivity contribution in [2.45, 2.75) is 31.7 Å². The van der Waals surface area contributed by atoms with E-state index in [1.54, 1.807) is 39.4 Å². The van der Waals surface area contributed by atoms with Crippen molar-refractivity contribution in [1.29, 1.82) is 0 Å². The number of nitrogens with zero attached hydrogens (tertiary/aromatic N) is 2. The van der Waals surface area contributed by atoms with E-state index in [9.17, 15) is 13.2 Å². The Morgan fingerprint density at radius 2 is 2.10 bits per heavy atom. The Morgan fingerprint density at radius 1 is 1.45 bits per heavy atom. The van der Waals surface area contributed by atoms with Crippen molar-refractivity contribution in [3.63, 3.8) is 0 Å². The SMILES string of the molecule is CC(C(C)S(C)(=O)=O)N(C)C(=O)NCc1cccnc1. The minimum atomic E-state index is -3.18. The minimum absolute atomic E-state index is 0.308. The van der Waals surface area contributed by atoms with E-state index >= 15 is 0 Å². The van der Waals surface area contributed by atoms with Crippen LogP contribution in [0.4, 0.5) is 4.79 Å². The van der Waals surface area contributed by atoms with Gasteiger partial charge in [0, 0.05) is 38.3 Å². The molecular formula is C13H21N3O3S. The summed E-state index contributed by atoms with van der Waals surface area (Å²) < 4.78 is 23.0. The third-order valence-electron chi connectivity index (χ3n) is 3.45. The van der Waals surface area contributed by atoms with Crippen LogP contribution in [0.25, 0.3) is 0 Å². The molecule has 0 radical (unpaired) electrons. The van der Waals surface area contributed by atoms with E-state index in [0.717, 1.165) is 5.56 Å². The maximum atomic E-state index is 12.0. The Morgan fingerprint density at radius 3 is 2.60 bits per heavy atom. The van der Waals surface area contributed by atoms with Crippen LogP contribution in [0, 0.1) is 0 Å². The molecule has 20 heavy (non-hydrogen) atoms. The van der Waals surface area contributed by atoms with Crippen molar-refractivity contribution < 1.29 is 13.2 Å². The summed E-state index contributed by atoms with van der Waals surface area (Å²) in [5.41, 5.74) is 0.887. The van der Waals surface area contributed by atoms with E-state index in [1.807, 2.05) is 6.07 Å². The highest BCUT2D eigenvalue weighted by Crippen LogP contribution is 2.10. The molecule has 1 aromatic rings. The first-order chi connectivity index (χ1) is 9.23. The highest BCUT2D eigenvalue weighted by Gasteiger charge is 2.27. The zero-order valence-corrected chi connectivity index (χ0v) is 13.0. The van der Waals surface area contributed by atoms with Crippen molar-refractivity contribution in [1.82, 2.24) is 15.2 Å². The van der Waals surface area contributed by atoms with Crippen LogP contribution in [-0.2, 0) is 16.4 Å². The molecule has 0 saturated heterocycles. The third kappa shape index (κ3) is 4.48. The molecule has 1 rings (SSSR count). The summed E-state index contributed by atoms with van der Waals surface area (Å²) in [5.74, 6) is 0. The molecule has 2 amide bonds. The van der Waals surface area contributed by atoms with Crippen molar-refractivity contribution in [3.05, 3.63) is 30.1 Å². The molecule has 0 aliphatic rings. The van der Waals surface area contributed by atoms with Crippen molar-refractivity contribution in [3.8, 4) is 0 Å². The Labute approximate surface area is 120 Å². The Hall–Kier alpha value is -1.63. The van der Waals surface area contributed by atoms with Gasteiger partial charge >= 0.3 is 6.03 Å². The highest BCUT2D eigenvalue weighted by molar-refractivity contribution is 7.91. The lowest BCUT2D eigenvalue weighted by Crippen LogP contribution is -2.48. The van der Waals surface area contributed by atoms with Crippen LogP contribution in [-0.4, -0.2) is 48.9 Å². The number of nitrogens with one attached hydrogen (secondary N) is 1. The van der Waals surface area contributed by atoms with Crippen molar-refractivity contribution in [2.75, 3.05) is 13.3 Å². The molecule has 0 saturated carbocycles. The van der Waals surface area contributed by atoms with Gasteiger partial charge in [-0.25, -0.2) is 13.2 Å². The fraction of sp³-hybridized carbons (Fsp3) is 0.538. The van der Waals surface area contributed by atoms with Gasteiger partial charge in [-0.15, -0.1) is 0 Å².